The fourth-order valence-corrected chi connectivity index (χ4v) is 7.61. The first-order chi connectivity index (χ1) is 25.0. The molecule has 0 fully saturated rings. The minimum atomic E-state index is -4.56. The molecule has 0 rings (SSSR count). The molecule has 0 N–H and O–H groups in total. The number of rotatable bonds is 40. The van der Waals surface area contributed by atoms with Crippen LogP contribution in [0, 0.1) is 11.8 Å². The molecule has 2 unspecified atom stereocenters. The topological polar surface area (TPSA) is 133 Å². The van der Waals surface area contributed by atoms with Gasteiger partial charge in [-0.2, -0.15) is 0 Å². The minimum Gasteiger partial charge on any atom is -0.726 e. The van der Waals surface area contributed by atoms with Crippen LogP contribution < -0.4 is 0 Å². The molecule has 2 atom stereocenters. The van der Waals surface area contributed by atoms with Crippen molar-refractivity contribution < 1.29 is 34.3 Å². The summed E-state index contributed by atoms with van der Waals surface area (Å²) in [4.78, 5) is 0. The second-order valence-electron chi connectivity index (χ2n) is 15.5. The fraction of sp³-hybridized carbons (Fsp3) is 1.00. The van der Waals surface area contributed by atoms with E-state index in [4.69, 9.17) is 0 Å². The van der Waals surface area contributed by atoms with Crippen LogP contribution in [0.15, 0.2) is 0 Å². The normalized spacial score (nSPS) is 12.9. The van der Waals surface area contributed by atoms with E-state index in [1.165, 1.54) is 167 Å². The predicted octanol–water partition coefficient (Wildman–Crippen LogP) is 13.1. The Hall–Kier alpha value is 1.000. The van der Waals surface area contributed by atoms with Crippen LogP contribution in [0.3, 0.4) is 0 Å². The first kappa shape index (κ1) is 58.3. The molecule has 0 saturated carbocycles. The minimum absolute atomic E-state index is 0. The van der Waals surface area contributed by atoms with Gasteiger partial charge in [-0.1, -0.05) is 220 Å². The van der Waals surface area contributed by atoms with Crippen LogP contribution in [0.4, 0.5) is 0 Å². The standard InChI is InChI=1S/2C21H44O4S.Ca/c2*1-3-5-7-9-10-11-12-13-15-17-19-21(20-25-26(22,23)24)18-16-14-8-6-4-2;/h2*21H,3-20H2,1-2H3,(H,22,23,24);/q;;+2/p-2. The molecule has 0 saturated heterocycles. The van der Waals surface area contributed by atoms with E-state index in [-0.39, 0.29) is 62.8 Å². The van der Waals surface area contributed by atoms with Crippen LogP contribution >= 0.6 is 0 Å². The van der Waals surface area contributed by atoms with Crippen molar-refractivity contribution in [2.24, 2.45) is 11.8 Å². The van der Waals surface area contributed by atoms with Crippen molar-refractivity contribution in [3.8, 4) is 0 Å². The Balaban J connectivity index is -0.000000926. The van der Waals surface area contributed by atoms with Gasteiger partial charge in [0.15, 0.2) is 0 Å². The molecule has 0 amide bonds. The Morgan fingerprint density at radius 1 is 0.340 bits per heavy atom. The van der Waals surface area contributed by atoms with E-state index in [0.29, 0.717) is 0 Å². The zero-order valence-electron chi connectivity index (χ0n) is 35.4. The largest absolute Gasteiger partial charge is 2.00 e. The molecule has 0 bridgehead atoms. The smallest absolute Gasteiger partial charge is 0.726 e. The second-order valence-corrected chi connectivity index (χ2v) is 17.6. The van der Waals surface area contributed by atoms with Gasteiger partial charge in [-0.15, -0.1) is 0 Å². The Kier molecular flexibility index (Phi) is 48.5. The van der Waals surface area contributed by atoms with E-state index >= 15 is 0 Å². The Morgan fingerprint density at radius 3 is 0.679 bits per heavy atom. The van der Waals surface area contributed by atoms with Crippen LogP contribution in [0.25, 0.3) is 0 Å². The first-order valence-electron chi connectivity index (χ1n) is 22.2. The summed E-state index contributed by atoms with van der Waals surface area (Å²) in [5.41, 5.74) is 0. The van der Waals surface area contributed by atoms with Gasteiger partial charge in [0.2, 0.25) is 20.8 Å². The van der Waals surface area contributed by atoms with Gasteiger partial charge in [-0.05, 0) is 37.5 Å². The van der Waals surface area contributed by atoms with Crippen LogP contribution in [0.2, 0.25) is 0 Å². The van der Waals surface area contributed by atoms with Crippen molar-refractivity contribution in [2.45, 2.75) is 246 Å². The molecular formula is C42H86CaO8S2. The van der Waals surface area contributed by atoms with Crippen LogP contribution in [0.5, 0.6) is 0 Å². The van der Waals surface area contributed by atoms with Crippen LogP contribution in [-0.4, -0.2) is 76.9 Å². The number of unbranched alkanes of at least 4 members (excludes halogenated alkanes) is 26. The van der Waals surface area contributed by atoms with Crippen molar-refractivity contribution in [1.29, 1.82) is 0 Å². The van der Waals surface area contributed by atoms with E-state index in [1.54, 1.807) is 0 Å². The summed E-state index contributed by atoms with van der Waals surface area (Å²) in [6.07, 6.45) is 41.8. The molecule has 11 heteroatoms. The van der Waals surface area contributed by atoms with Crippen molar-refractivity contribution in [2.75, 3.05) is 13.2 Å². The van der Waals surface area contributed by atoms with Crippen LogP contribution in [0.1, 0.15) is 246 Å². The first-order valence-corrected chi connectivity index (χ1v) is 24.9. The summed E-state index contributed by atoms with van der Waals surface area (Å²) in [6.45, 7) is 9.02. The van der Waals surface area contributed by atoms with E-state index in [0.717, 1.165) is 51.4 Å². The summed E-state index contributed by atoms with van der Waals surface area (Å²) >= 11 is 0. The third-order valence-electron chi connectivity index (χ3n) is 10.3. The maximum absolute atomic E-state index is 10.7. The molecule has 0 heterocycles. The molecule has 8 nitrogen and oxygen atoms in total. The zero-order valence-corrected chi connectivity index (χ0v) is 39.2. The van der Waals surface area contributed by atoms with Gasteiger partial charge < -0.3 is 9.11 Å². The molecule has 0 aliphatic carbocycles. The Labute approximate surface area is 361 Å². The molecule has 53 heavy (non-hydrogen) atoms. The summed E-state index contributed by atoms with van der Waals surface area (Å²) < 4.78 is 73.4. The van der Waals surface area contributed by atoms with E-state index < -0.39 is 20.8 Å². The van der Waals surface area contributed by atoms with Gasteiger partial charge >= 0.3 is 37.7 Å². The van der Waals surface area contributed by atoms with Gasteiger partial charge in [0.05, 0.1) is 13.2 Å². The summed E-state index contributed by atoms with van der Waals surface area (Å²) in [6, 6.07) is 0. The molecule has 0 aliphatic rings. The molecule has 316 valence electrons. The molecule has 0 aromatic rings. The Bertz CT molecular complexity index is 844. The SMILES string of the molecule is CCCCCCCCCCCCC(CCCCCCC)COS(=O)(=O)[O-].CCCCCCCCCCCCC(CCCCCCC)COS(=O)(=O)[O-].[Ca+2]. The Morgan fingerprint density at radius 2 is 0.509 bits per heavy atom. The summed E-state index contributed by atoms with van der Waals surface area (Å²) in [7, 11) is -9.12. The maximum Gasteiger partial charge on any atom is 2.00 e. The van der Waals surface area contributed by atoms with E-state index in [2.05, 4.69) is 36.1 Å². The second kappa shape index (κ2) is 44.1. The fourth-order valence-electron chi connectivity index (χ4n) is 6.90. The van der Waals surface area contributed by atoms with E-state index in [1.807, 2.05) is 0 Å². The van der Waals surface area contributed by atoms with Crippen molar-refractivity contribution in [3.63, 3.8) is 0 Å². The predicted molar refractivity (Wildman–Crippen MR) is 224 cm³/mol. The average molecular weight is 823 g/mol. The van der Waals surface area contributed by atoms with Gasteiger partial charge in [0.1, 0.15) is 0 Å². The van der Waals surface area contributed by atoms with Gasteiger partial charge in [-0.3, -0.25) is 8.37 Å². The van der Waals surface area contributed by atoms with Gasteiger partial charge in [0, 0.05) is 0 Å². The third kappa shape index (κ3) is 53.0. The van der Waals surface area contributed by atoms with E-state index in [9.17, 15) is 25.9 Å². The molecule has 0 aromatic carbocycles. The third-order valence-corrected chi connectivity index (χ3v) is 11.1. The number of hydrogen-bond acceptors (Lipinski definition) is 8. The van der Waals surface area contributed by atoms with Gasteiger partial charge in [0.25, 0.3) is 0 Å². The maximum atomic E-state index is 10.7. The van der Waals surface area contributed by atoms with Crippen molar-refractivity contribution >= 4 is 58.5 Å². The average Bonchev–Trinajstić information content (AvgIpc) is 3.09. The van der Waals surface area contributed by atoms with Crippen molar-refractivity contribution in [3.05, 3.63) is 0 Å². The quantitative estimate of drug-likeness (QED) is 0.0258. The van der Waals surface area contributed by atoms with Crippen LogP contribution in [-0.2, 0) is 29.2 Å². The molecular weight excluding hydrogens is 737 g/mol. The van der Waals surface area contributed by atoms with Gasteiger partial charge in [-0.25, -0.2) is 16.8 Å². The monoisotopic (exact) mass is 823 g/mol. The molecule has 0 aromatic heterocycles. The summed E-state index contributed by atoms with van der Waals surface area (Å²) in [5, 5.41) is 0. The summed E-state index contributed by atoms with van der Waals surface area (Å²) in [5.74, 6) is 0.406. The molecule has 0 spiro atoms. The zero-order chi connectivity index (χ0) is 39.0. The van der Waals surface area contributed by atoms with Crippen molar-refractivity contribution in [1.82, 2.24) is 0 Å². The molecule has 0 aliphatic heterocycles. The number of hydrogen-bond donors (Lipinski definition) is 0. The molecule has 0 radical (unpaired) electrons.